The number of nitrogens with one attached hydrogen (secondary N) is 1. The van der Waals surface area contributed by atoms with E-state index in [-0.39, 0.29) is 28.8 Å². The predicted molar refractivity (Wildman–Crippen MR) is 83.7 cm³/mol. The van der Waals surface area contributed by atoms with Crippen LogP contribution in [0.15, 0.2) is 48.5 Å². The van der Waals surface area contributed by atoms with Crippen LogP contribution < -0.4 is 11.1 Å². The number of carbonyl (C=O) groups is 2. The van der Waals surface area contributed by atoms with Crippen molar-refractivity contribution in [2.45, 2.75) is 19.0 Å². The van der Waals surface area contributed by atoms with Gasteiger partial charge in [0.25, 0.3) is 11.8 Å². The topological polar surface area (TPSA) is 72.2 Å². The number of primary amides is 1. The summed E-state index contributed by atoms with van der Waals surface area (Å²) in [5.41, 5.74) is 5.98. The molecule has 0 aromatic heterocycles. The normalized spacial score (nSPS) is 11.1. The summed E-state index contributed by atoms with van der Waals surface area (Å²) in [4.78, 5) is 23.8. The number of alkyl halides is 3. The maximum atomic E-state index is 12.4. The number of carbonyl (C=O) groups excluding carboxylic acids is 2. The number of hydrogen-bond acceptors (Lipinski definition) is 2. The summed E-state index contributed by atoms with van der Waals surface area (Å²) in [7, 11) is 0. The Hall–Kier alpha value is -2.83. The summed E-state index contributed by atoms with van der Waals surface area (Å²) in [5, 5.41) is 2.52. The molecule has 2 aromatic carbocycles. The van der Waals surface area contributed by atoms with Gasteiger partial charge in [0, 0.05) is 12.0 Å². The summed E-state index contributed by atoms with van der Waals surface area (Å²) in [5.74, 6) is -1.31. The maximum absolute atomic E-state index is 12.4. The van der Waals surface area contributed by atoms with Gasteiger partial charge in [0.05, 0.1) is 11.3 Å². The van der Waals surface area contributed by atoms with Crippen molar-refractivity contribution in [1.82, 2.24) is 0 Å². The minimum atomic E-state index is -4.30. The SMILES string of the molecule is NC(=O)c1ccccc1NC(=O)c1ccccc1CCC(F)(F)F. The number of nitrogens with two attached hydrogens (primary N) is 1. The van der Waals surface area contributed by atoms with Crippen LogP contribution in [-0.4, -0.2) is 18.0 Å². The van der Waals surface area contributed by atoms with Crippen LogP contribution in [0.5, 0.6) is 0 Å². The van der Waals surface area contributed by atoms with Crippen molar-refractivity contribution < 1.29 is 22.8 Å². The Bertz CT molecular complexity index is 757. The molecule has 0 aliphatic rings. The molecule has 3 N–H and O–H groups in total. The van der Waals surface area contributed by atoms with E-state index < -0.39 is 24.4 Å². The number of para-hydroxylation sites is 1. The zero-order valence-electron chi connectivity index (χ0n) is 12.6. The minimum absolute atomic E-state index is 0.124. The molecule has 0 spiro atoms. The Morgan fingerprint density at radius 1 is 0.958 bits per heavy atom. The molecule has 0 bridgehead atoms. The third-order valence-electron chi connectivity index (χ3n) is 3.38. The highest BCUT2D eigenvalue weighted by atomic mass is 19.4. The first-order valence-corrected chi connectivity index (χ1v) is 7.13. The first-order chi connectivity index (χ1) is 11.3. The molecule has 0 fully saturated rings. The molecule has 2 amide bonds. The van der Waals surface area contributed by atoms with E-state index in [0.717, 1.165) is 0 Å². The monoisotopic (exact) mass is 336 g/mol. The number of aryl methyl sites for hydroxylation is 1. The van der Waals surface area contributed by atoms with E-state index in [1.54, 1.807) is 24.3 Å². The number of rotatable bonds is 5. The third kappa shape index (κ3) is 4.58. The Balaban J connectivity index is 2.23. The van der Waals surface area contributed by atoms with Crippen molar-refractivity contribution in [3.05, 3.63) is 65.2 Å². The maximum Gasteiger partial charge on any atom is 0.389 e. The summed E-state index contributed by atoms with van der Waals surface area (Å²) in [6.07, 6.45) is -5.62. The predicted octanol–water partition coefficient (Wildman–Crippen LogP) is 3.53. The molecule has 126 valence electrons. The Labute approximate surface area is 136 Å². The van der Waals surface area contributed by atoms with Crippen LogP contribution >= 0.6 is 0 Å². The minimum Gasteiger partial charge on any atom is -0.366 e. The highest BCUT2D eigenvalue weighted by Gasteiger charge is 2.27. The molecule has 0 radical (unpaired) electrons. The van der Waals surface area contributed by atoms with Crippen LogP contribution in [-0.2, 0) is 6.42 Å². The quantitative estimate of drug-likeness (QED) is 0.877. The van der Waals surface area contributed by atoms with Gasteiger partial charge in [-0.1, -0.05) is 30.3 Å². The highest BCUT2D eigenvalue weighted by Crippen LogP contribution is 2.24. The molecule has 0 aliphatic carbocycles. The van der Waals surface area contributed by atoms with Gasteiger partial charge in [0.15, 0.2) is 0 Å². The van der Waals surface area contributed by atoms with Gasteiger partial charge >= 0.3 is 6.18 Å². The van der Waals surface area contributed by atoms with Crippen LogP contribution in [0.3, 0.4) is 0 Å². The molecular formula is C17H15F3N2O2. The Kier molecular flexibility index (Phi) is 5.23. The van der Waals surface area contributed by atoms with E-state index in [9.17, 15) is 22.8 Å². The van der Waals surface area contributed by atoms with E-state index in [4.69, 9.17) is 5.73 Å². The first-order valence-electron chi connectivity index (χ1n) is 7.13. The standard InChI is InChI=1S/C17H15F3N2O2/c18-17(19,20)10-9-11-5-1-2-6-12(11)16(24)22-14-8-4-3-7-13(14)15(21)23/h1-8H,9-10H2,(H2,21,23)(H,22,24). The van der Waals surface area contributed by atoms with Crippen molar-refractivity contribution in [1.29, 1.82) is 0 Å². The van der Waals surface area contributed by atoms with Crippen LogP contribution in [0, 0.1) is 0 Å². The van der Waals surface area contributed by atoms with Crippen molar-refractivity contribution in [2.24, 2.45) is 5.73 Å². The van der Waals surface area contributed by atoms with E-state index in [1.807, 2.05) is 0 Å². The van der Waals surface area contributed by atoms with Crippen LogP contribution in [0.25, 0.3) is 0 Å². The van der Waals surface area contributed by atoms with Crippen molar-refractivity contribution >= 4 is 17.5 Å². The fraction of sp³-hybridized carbons (Fsp3) is 0.176. The lowest BCUT2D eigenvalue weighted by Gasteiger charge is -2.13. The van der Waals surface area contributed by atoms with Gasteiger partial charge in [-0.2, -0.15) is 13.2 Å². The molecule has 7 heteroatoms. The van der Waals surface area contributed by atoms with Crippen molar-refractivity contribution in [3.8, 4) is 0 Å². The number of amides is 2. The van der Waals surface area contributed by atoms with Gasteiger partial charge in [-0.15, -0.1) is 0 Å². The summed E-state index contributed by atoms with van der Waals surface area (Å²) >= 11 is 0. The summed E-state index contributed by atoms with van der Waals surface area (Å²) in [6, 6.07) is 12.2. The van der Waals surface area contributed by atoms with Crippen LogP contribution in [0.1, 0.15) is 32.7 Å². The largest absolute Gasteiger partial charge is 0.389 e. The highest BCUT2D eigenvalue weighted by molar-refractivity contribution is 6.09. The molecule has 0 saturated heterocycles. The van der Waals surface area contributed by atoms with E-state index in [1.165, 1.54) is 24.3 Å². The smallest absolute Gasteiger partial charge is 0.366 e. The van der Waals surface area contributed by atoms with Gasteiger partial charge < -0.3 is 11.1 Å². The molecule has 0 heterocycles. The Morgan fingerprint density at radius 2 is 1.54 bits per heavy atom. The second-order valence-electron chi connectivity index (χ2n) is 5.14. The first kappa shape index (κ1) is 17.5. The van der Waals surface area contributed by atoms with Crippen LogP contribution in [0.2, 0.25) is 0 Å². The van der Waals surface area contributed by atoms with E-state index in [2.05, 4.69) is 5.32 Å². The molecule has 0 unspecified atom stereocenters. The molecule has 4 nitrogen and oxygen atoms in total. The number of hydrogen-bond donors (Lipinski definition) is 2. The molecule has 24 heavy (non-hydrogen) atoms. The fourth-order valence-electron chi connectivity index (χ4n) is 2.23. The van der Waals surface area contributed by atoms with Gasteiger partial charge in [-0.3, -0.25) is 9.59 Å². The average Bonchev–Trinajstić information content (AvgIpc) is 2.52. The summed E-state index contributed by atoms with van der Waals surface area (Å²) < 4.78 is 37.2. The number of benzene rings is 2. The van der Waals surface area contributed by atoms with Crippen molar-refractivity contribution in [3.63, 3.8) is 0 Å². The third-order valence-corrected chi connectivity index (χ3v) is 3.38. The summed E-state index contributed by atoms with van der Waals surface area (Å²) in [6.45, 7) is 0. The molecule has 0 atom stereocenters. The molecular weight excluding hydrogens is 321 g/mol. The number of halogens is 3. The van der Waals surface area contributed by atoms with Crippen LogP contribution in [0.4, 0.5) is 18.9 Å². The fourth-order valence-corrected chi connectivity index (χ4v) is 2.23. The van der Waals surface area contributed by atoms with Gasteiger partial charge in [0.2, 0.25) is 0 Å². The Morgan fingerprint density at radius 3 is 2.17 bits per heavy atom. The molecule has 2 aromatic rings. The van der Waals surface area contributed by atoms with E-state index >= 15 is 0 Å². The van der Waals surface area contributed by atoms with Gasteiger partial charge in [-0.25, -0.2) is 0 Å². The lowest BCUT2D eigenvalue weighted by Crippen LogP contribution is -2.19. The zero-order chi connectivity index (χ0) is 17.7. The molecule has 0 aliphatic heterocycles. The second-order valence-corrected chi connectivity index (χ2v) is 5.14. The lowest BCUT2D eigenvalue weighted by atomic mass is 10.0. The molecule has 0 saturated carbocycles. The van der Waals surface area contributed by atoms with Gasteiger partial charge in [-0.05, 0) is 30.2 Å². The lowest BCUT2D eigenvalue weighted by molar-refractivity contribution is -0.134. The zero-order valence-corrected chi connectivity index (χ0v) is 12.6. The van der Waals surface area contributed by atoms with Gasteiger partial charge in [0.1, 0.15) is 0 Å². The average molecular weight is 336 g/mol. The van der Waals surface area contributed by atoms with Crippen molar-refractivity contribution in [2.75, 3.05) is 5.32 Å². The second kappa shape index (κ2) is 7.16. The molecule has 2 rings (SSSR count). The number of anilines is 1. The van der Waals surface area contributed by atoms with E-state index in [0.29, 0.717) is 0 Å².